The number of benzene rings is 1. The first-order chi connectivity index (χ1) is 8.93. The molecule has 0 saturated heterocycles. The second-order valence-corrected chi connectivity index (χ2v) is 4.04. The quantitative estimate of drug-likeness (QED) is 0.671. The molecular formula is C16H12N2. The molecule has 18 heavy (non-hydrogen) atoms. The highest BCUT2D eigenvalue weighted by atomic mass is 14.7. The van der Waals surface area contributed by atoms with Crippen LogP contribution in [0.3, 0.4) is 0 Å². The molecule has 3 rings (SSSR count). The van der Waals surface area contributed by atoms with Crippen LogP contribution < -0.4 is 0 Å². The normalized spacial score (nSPS) is 10.2. The van der Waals surface area contributed by atoms with Crippen LogP contribution in [0, 0.1) is 0 Å². The molecule has 0 bridgehead atoms. The Morgan fingerprint density at radius 1 is 0.667 bits per heavy atom. The van der Waals surface area contributed by atoms with Crippen LogP contribution in [0.2, 0.25) is 0 Å². The van der Waals surface area contributed by atoms with Gasteiger partial charge in [0.15, 0.2) is 0 Å². The summed E-state index contributed by atoms with van der Waals surface area (Å²) in [5.41, 5.74) is 4.39. The summed E-state index contributed by atoms with van der Waals surface area (Å²) in [4.78, 5) is 8.52. The zero-order chi connectivity index (χ0) is 12.2. The average molecular weight is 232 g/mol. The number of hydrogen-bond donors (Lipinski definition) is 0. The summed E-state index contributed by atoms with van der Waals surface area (Å²) < 4.78 is 0. The van der Waals surface area contributed by atoms with Gasteiger partial charge in [-0.05, 0) is 29.8 Å². The lowest BCUT2D eigenvalue weighted by atomic mass is 10.0. The molecule has 2 heteroatoms. The standard InChI is InChI=1S/C16H12N2/c1-2-10-18-16(8-1)14-6-3-5-13(11-14)15-7-4-9-17-12-15/h1-12H. The van der Waals surface area contributed by atoms with E-state index in [9.17, 15) is 0 Å². The van der Waals surface area contributed by atoms with E-state index >= 15 is 0 Å². The minimum absolute atomic E-state index is 0.989. The minimum Gasteiger partial charge on any atom is -0.264 e. The van der Waals surface area contributed by atoms with E-state index in [1.807, 2.05) is 42.7 Å². The molecule has 0 radical (unpaired) electrons. The van der Waals surface area contributed by atoms with Gasteiger partial charge in [-0.15, -0.1) is 0 Å². The number of nitrogens with zero attached hydrogens (tertiary/aromatic N) is 2. The summed E-state index contributed by atoms with van der Waals surface area (Å²) >= 11 is 0. The smallest absolute Gasteiger partial charge is 0.0702 e. The van der Waals surface area contributed by atoms with E-state index in [2.05, 4.69) is 34.2 Å². The lowest BCUT2D eigenvalue weighted by Gasteiger charge is -2.04. The van der Waals surface area contributed by atoms with Crippen molar-refractivity contribution in [2.75, 3.05) is 0 Å². The van der Waals surface area contributed by atoms with Crippen LogP contribution in [0.25, 0.3) is 22.4 Å². The van der Waals surface area contributed by atoms with Crippen LogP contribution in [0.15, 0.2) is 73.2 Å². The SMILES string of the molecule is c1ccc(-c2cccc(-c3cccnc3)c2)nc1. The summed E-state index contributed by atoms with van der Waals surface area (Å²) in [7, 11) is 0. The number of pyridine rings is 2. The Bertz CT molecular complexity index is 579. The van der Waals surface area contributed by atoms with Gasteiger partial charge in [0.05, 0.1) is 5.69 Å². The topological polar surface area (TPSA) is 25.8 Å². The van der Waals surface area contributed by atoms with Crippen molar-refractivity contribution in [1.29, 1.82) is 0 Å². The molecule has 2 nitrogen and oxygen atoms in total. The molecule has 0 unspecified atom stereocenters. The Morgan fingerprint density at radius 2 is 1.56 bits per heavy atom. The third kappa shape index (κ3) is 2.13. The summed E-state index contributed by atoms with van der Waals surface area (Å²) in [5.74, 6) is 0. The van der Waals surface area contributed by atoms with E-state index in [1.165, 1.54) is 0 Å². The molecule has 0 aliphatic carbocycles. The van der Waals surface area contributed by atoms with E-state index < -0.39 is 0 Å². The first-order valence-corrected chi connectivity index (χ1v) is 5.85. The molecule has 0 aliphatic heterocycles. The molecule has 2 heterocycles. The predicted molar refractivity (Wildman–Crippen MR) is 72.9 cm³/mol. The third-order valence-electron chi connectivity index (χ3n) is 2.82. The van der Waals surface area contributed by atoms with E-state index in [0.29, 0.717) is 0 Å². The second-order valence-electron chi connectivity index (χ2n) is 4.04. The third-order valence-corrected chi connectivity index (χ3v) is 2.82. The maximum atomic E-state index is 4.37. The monoisotopic (exact) mass is 232 g/mol. The van der Waals surface area contributed by atoms with Crippen molar-refractivity contribution in [3.05, 3.63) is 73.2 Å². The summed E-state index contributed by atoms with van der Waals surface area (Å²) in [6.07, 6.45) is 5.47. The van der Waals surface area contributed by atoms with Crippen molar-refractivity contribution in [3.8, 4) is 22.4 Å². The van der Waals surface area contributed by atoms with Crippen LogP contribution in [0.5, 0.6) is 0 Å². The van der Waals surface area contributed by atoms with Crippen molar-refractivity contribution in [2.45, 2.75) is 0 Å². The van der Waals surface area contributed by atoms with Gasteiger partial charge in [-0.2, -0.15) is 0 Å². The van der Waals surface area contributed by atoms with Gasteiger partial charge < -0.3 is 0 Å². The Hall–Kier alpha value is -2.48. The van der Waals surface area contributed by atoms with Gasteiger partial charge in [-0.25, -0.2) is 0 Å². The van der Waals surface area contributed by atoms with Gasteiger partial charge in [0.1, 0.15) is 0 Å². The van der Waals surface area contributed by atoms with Crippen molar-refractivity contribution in [3.63, 3.8) is 0 Å². The predicted octanol–water partition coefficient (Wildman–Crippen LogP) is 3.81. The summed E-state index contributed by atoms with van der Waals surface area (Å²) in [6, 6.07) is 18.3. The molecule has 0 N–H and O–H groups in total. The lowest BCUT2D eigenvalue weighted by Crippen LogP contribution is -1.84. The number of aromatic nitrogens is 2. The lowest BCUT2D eigenvalue weighted by molar-refractivity contribution is 1.32. The fraction of sp³-hybridized carbons (Fsp3) is 0. The highest BCUT2D eigenvalue weighted by Crippen LogP contribution is 2.24. The molecule has 2 aromatic heterocycles. The second kappa shape index (κ2) is 4.80. The molecule has 0 saturated carbocycles. The van der Waals surface area contributed by atoms with E-state index in [1.54, 1.807) is 6.20 Å². The number of rotatable bonds is 2. The molecule has 0 amide bonds. The summed E-state index contributed by atoms with van der Waals surface area (Å²) in [6.45, 7) is 0. The van der Waals surface area contributed by atoms with Crippen LogP contribution in [-0.2, 0) is 0 Å². The first-order valence-electron chi connectivity index (χ1n) is 5.85. The Morgan fingerprint density at radius 3 is 2.33 bits per heavy atom. The average Bonchev–Trinajstić information content (AvgIpc) is 2.49. The van der Waals surface area contributed by atoms with E-state index in [0.717, 1.165) is 22.4 Å². The van der Waals surface area contributed by atoms with Crippen LogP contribution in [0.4, 0.5) is 0 Å². The van der Waals surface area contributed by atoms with Crippen molar-refractivity contribution >= 4 is 0 Å². The van der Waals surface area contributed by atoms with E-state index in [4.69, 9.17) is 0 Å². The fourth-order valence-corrected chi connectivity index (χ4v) is 1.93. The Balaban J connectivity index is 2.05. The Labute approximate surface area is 106 Å². The Kier molecular flexibility index (Phi) is 2.84. The molecule has 0 aliphatic rings. The molecular weight excluding hydrogens is 220 g/mol. The van der Waals surface area contributed by atoms with Gasteiger partial charge >= 0.3 is 0 Å². The van der Waals surface area contributed by atoms with Crippen LogP contribution in [-0.4, -0.2) is 9.97 Å². The largest absolute Gasteiger partial charge is 0.264 e. The number of hydrogen-bond acceptors (Lipinski definition) is 2. The highest BCUT2D eigenvalue weighted by molar-refractivity contribution is 5.70. The van der Waals surface area contributed by atoms with Gasteiger partial charge in [0.2, 0.25) is 0 Å². The zero-order valence-corrected chi connectivity index (χ0v) is 9.82. The van der Waals surface area contributed by atoms with Crippen molar-refractivity contribution in [1.82, 2.24) is 9.97 Å². The van der Waals surface area contributed by atoms with Crippen molar-refractivity contribution < 1.29 is 0 Å². The zero-order valence-electron chi connectivity index (χ0n) is 9.82. The van der Waals surface area contributed by atoms with Crippen LogP contribution >= 0.6 is 0 Å². The van der Waals surface area contributed by atoms with E-state index in [-0.39, 0.29) is 0 Å². The molecule has 0 spiro atoms. The summed E-state index contributed by atoms with van der Waals surface area (Å²) in [5, 5.41) is 0. The first kappa shape index (κ1) is 10.7. The molecule has 3 aromatic rings. The highest BCUT2D eigenvalue weighted by Gasteiger charge is 2.01. The fourth-order valence-electron chi connectivity index (χ4n) is 1.93. The maximum Gasteiger partial charge on any atom is 0.0702 e. The van der Waals surface area contributed by atoms with Crippen LogP contribution in [0.1, 0.15) is 0 Å². The van der Waals surface area contributed by atoms with Gasteiger partial charge in [0.25, 0.3) is 0 Å². The maximum absolute atomic E-state index is 4.37. The van der Waals surface area contributed by atoms with Gasteiger partial charge in [-0.1, -0.05) is 30.3 Å². The molecule has 86 valence electrons. The molecule has 0 fully saturated rings. The minimum atomic E-state index is 0.989. The van der Waals surface area contributed by atoms with Gasteiger partial charge in [0, 0.05) is 29.7 Å². The van der Waals surface area contributed by atoms with Crippen molar-refractivity contribution in [2.24, 2.45) is 0 Å². The molecule has 0 atom stereocenters. The van der Waals surface area contributed by atoms with Gasteiger partial charge in [-0.3, -0.25) is 9.97 Å². The molecule has 1 aromatic carbocycles.